The molecule has 1 atom stereocenters. The van der Waals surface area contributed by atoms with Crippen molar-refractivity contribution in [2.75, 3.05) is 22.9 Å². The van der Waals surface area contributed by atoms with Gasteiger partial charge in [0.05, 0.1) is 9.90 Å². The fourth-order valence-corrected chi connectivity index (χ4v) is 5.15. The summed E-state index contributed by atoms with van der Waals surface area (Å²) < 4.78 is 0.932. The summed E-state index contributed by atoms with van der Waals surface area (Å²) in [5.41, 5.74) is 3.72. The van der Waals surface area contributed by atoms with Gasteiger partial charge in [0.25, 0.3) is 0 Å². The number of aromatic nitrogens is 1. The third-order valence-corrected chi connectivity index (χ3v) is 7.25. The van der Waals surface area contributed by atoms with E-state index >= 15 is 0 Å². The van der Waals surface area contributed by atoms with Gasteiger partial charge in [-0.05, 0) is 48.6 Å². The Morgan fingerprint density at radius 3 is 2.48 bits per heavy atom. The molecule has 0 radical (unpaired) electrons. The second kappa shape index (κ2) is 8.36. The molecule has 2 heterocycles. The molecule has 5 nitrogen and oxygen atoms in total. The highest BCUT2D eigenvalue weighted by atomic mass is 35.5. The monoisotopic (exact) mass is 444 g/mol. The smallest absolute Gasteiger partial charge is 0.294 e. The van der Waals surface area contributed by atoms with Crippen molar-refractivity contribution >= 4 is 51.7 Å². The third-order valence-electron chi connectivity index (χ3n) is 4.89. The van der Waals surface area contributed by atoms with Gasteiger partial charge in [0, 0.05) is 29.4 Å². The molecule has 2 amide bonds. The molecule has 2 N–H and O–H groups in total. The molecule has 2 aromatic carbocycles. The first-order valence-electron chi connectivity index (χ1n) is 9.26. The first kappa shape index (κ1) is 20.2. The summed E-state index contributed by atoms with van der Waals surface area (Å²) in [5.74, 6) is 0.314. The van der Waals surface area contributed by atoms with Crippen LogP contribution in [0.4, 0.5) is 15.6 Å². The highest BCUT2D eigenvalue weighted by Crippen LogP contribution is 2.35. The quantitative estimate of drug-likeness (QED) is 0.515. The van der Waals surface area contributed by atoms with Crippen LogP contribution in [0.25, 0.3) is 11.1 Å². The number of nitrogens with zero attached hydrogens (tertiary/aromatic N) is 3. The number of carbonyl (C=O) groups is 1. The second-order valence-corrected chi connectivity index (χ2v) is 9.41. The van der Waals surface area contributed by atoms with Gasteiger partial charge in [-0.1, -0.05) is 60.2 Å². The summed E-state index contributed by atoms with van der Waals surface area (Å²) in [6, 6.07) is 15.6. The van der Waals surface area contributed by atoms with Crippen LogP contribution in [0.3, 0.4) is 0 Å². The molecule has 29 heavy (non-hydrogen) atoms. The standard InChI is InChI=1S/C21H21ClN4OS2/c1-13-11-25(21(27)26(12-13)20-24-14(2)19(28-20)29-23)16-9-7-15(8-10-16)17-5-3-4-6-18(17)22/h3-10,13H,11-12,23H2,1-2H3. The van der Waals surface area contributed by atoms with E-state index < -0.39 is 0 Å². The Kier molecular flexibility index (Phi) is 5.83. The van der Waals surface area contributed by atoms with Crippen molar-refractivity contribution in [2.24, 2.45) is 11.1 Å². The minimum atomic E-state index is -0.0593. The number of benzene rings is 2. The van der Waals surface area contributed by atoms with Gasteiger partial charge >= 0.3 is 6.03 Å². The highest BCUT2D eigenvalue weighted by Gasteiger charge is 2.33. The molecule has 8 heteroatoms. The molecular formula is C21H21ClN4OS2. The molecule has 0 aliphatic carbocycles. The number of rotatable bonds is 4. The van der Waals surface area contributed by atoms with Crippen molar-refractivity contribution in [2.45, 2.75) is 18.1 Å². The summed E-state index contributed by atoms with van der Waals surface area (Å²) >= 11 is 8.95. The van der Waals surface area contributed by atoms with Gasteiger partial charge in [-0.25, -0.2) is 9.78 Å². The van der Waals surface area contributed by atoms with Gasteiger partial charge in [-0.2, -0.15) is 0 Å². The number of carbonyl (C=O) groups excluding carboxylic acids is 1. The molecule has 4 rings (SSSR count). The summed E-state index contributed by atoms with van der Waals surface area (Å²) in [5, 5.41) is 7.12. The van der Waals surface area contributed by atoms with Gasteiger partial charge in [0.1, 0.15) is 0 Å². The number of hydrogen-bond donors (Lipinski definition) is 1. The Morgan fingerprint density at radius 2 is 1.83 bits per heavy atom. The lowest BCUT2D eigenvalue weighted by Crippen LogP contribution is -2.53. The molecule has 1 saturated heterocycles. The van der Waals surface area contributed by atoms with Gasteiger partial charge in [-0.15, -0.1) is 0 Å². The second-order valence-electron chi connectivity index (χ2n) is 7.12. The Balaban J connectivity index is 1.62. The minimum absolute atomic E-state index is 0.0593. The van der Waals surface area contributed by atoms with Crippen LogP contribution in [0.5, 0.6) is 0 Å². The number of hydrogen-bond acceptors (Lipinski definition) is 5. The number of aryl methyl sites for hydroxylation is 1. The lowest BCUT2D eigenvalue weighted by molar-refractivity contribution is 0.245. The molecule has 1 aromatic heterocycles. The first-order valence-corrected chi connectivity index (χ1v) is 11.3. The minimum Gasteiger partial charge on any atom is -0.294 e. The van der Waals surface area contributed by atoms with E-state index in [1.165, 1.54) is 23.3 Å². The van der Waals surface area contributed by atoms with Gasteiger partial charge < -0.3 is 0 Å². The van der Waals surface area contributed by atoms with Gasteiger partial charge in [-0.3, -0.25) is 14.9 Å². The first-order chi connectivity index (χ1) is 14.0. The van der Waals surface area contributed by atoms with Crippen LogP contribution >= 0.6 is 34.9 Å². The molecule has 3 aromatic rings. The number of halogens is 1. The van der Waals surface area contributed by atoms with E-state index in [0.29, 0.717) is 29.2 Å². The van der Waals surface area contributed by atoms with Crippen molar-refractivity contribution < 1.29 is 4.79 Å². The average Bonchev–Trinajstić information content (AvgIpc) is 3.10. The predicted molar refractivity (Wildman–Crippen MR) is 123 cm³/mol. The van der Waals surface area contributed by atoms with Crippen molar-refractivity contribution in [1.29, 1.82) is 0 Å². The maximum absolute atomic E-state index is 13.2. The van der Waals surface area contributed by atoms with Crippen LogP contribution in [0.2, 0.25) is 5.02 Å². The number of anilines is 2. The zero-order valence-electron chi connectivity index (χ0n) is 16.1. The fourth-order valence-electron chi connectivity index (χ4n) is 3.47. The van der Waals surface area contributed by atoms with Crippen LogP contribution in [0.1, 0.15) is 12.6 Å². The van der Waals surface area contributed by atoms with E-state index in [-0.39, 0.29) is 6.03 Å². The molecule has 0 saturated carbocycles. The highest BCUT2D eigenvalue weighted by molar-refractivity contribution is 7.99. The molecular weight excluding hydrogens is 424 g/mol. The van der Waals surface area contributed by atoms with Crippen molar-refractivity contribution in [3.05, 3.63) is 59.2 Å². The van der Waals surface area contributed by atoms with Gasteiger partial charge in [0.15, 0.2) is 5.13 Å². The van der Waals surface area contributed by atoms with E-state index in [1.54, 1.807) is 4.90 Å². The van der Waals surface area contributed by atoms with Gasteiger partial charge in [0.2, 0.25) is 0 Å². The zero-order valence-corrected chi connectivity index (χ0v) is 18.5. The Bertz CT molecular complexity index is 1040. The van der Waals surface area contributed by atoms with Crippen LogP contribution < -0.4 is 14.9 Å². The molecule has 1 unspecified atom stereocenters. The number of thiazole rings is 1. The Morgan fingerprint density at radius 1 is 1.14 bits per heavy atom. The lowest BCUT2D eigenvalue weighted by Gasteiger charge is -2.37. The lowest BCUT2D eigenvalue weighted by atomic mass is 10.0. The summed E-state index contributed by atoms with van der Waals surface area (Å²) in [6.07, 6.45) is 0. The number of amides is 2. The Labute approximate surface area is 183 Å². The predicted octanol–water partition coefficient (Wildman–Crippen LogP) is 5.82. The molecule has 0 bridgehead atoms. The molecule has 150 valence electrons. The van der Waals surface area contributed by atoms with Crippen molar-refractivity contribution in [3.8, 4) is 11.1 Å². The van der Waals surface area contributed by atoms with E-state index in [0.717, 1.165) is 26.7 Å². The third kappa shape index (κ3) is 4.00. The van der Waals surface area contributed by atoms with Crippen molar-refractivity contribution in [1.82, 2.24) is 4.98 Å². The SMILES string of the molecule is Cc1nc(N2CC(C)CN(c3ccc(-c4ccccc4Cl)cc3)C2=O)sc1SN. The van der Waals surface area contributed by atoms with Crippen molar-refractivity contribution in [3.63, 3.8) is 0 Å². The van der Waals surface area contributed by atoms with Crippen LogP contribution in [-0.2, 0) is 0 Å². The molecule has 0 spiro atoms. The van der Waals surface area contributed by atoms with Crippen LogP contribution in [-0.4, -0.2) is 24.1 Å². The maximum atomic E-state index is 13.2. The summed E-state index contributed by atoms with van der Waals surface area (Å²) in [4.78, 5) is 21.4. The average molecular weight is 445 g/mol. The maximum Gasteiger partial charge on any atom is 0.330 e. The van der Waals surface area contributed by atoms with Crippen LogP contribution in [0.15, 0.2) is 52.7 Å². The van der Waals surface area contributed by atoms with E-state index in [1.807, 2.05) is 60.4 Å². The fraction of sp³-hybridized carbons (Fsp3) is 0.238. The largest absolute Gasteiger partial charge is 0.330 e. The number of nitrogens with two attached hydrogens (primary N) is 1. The van der Waals surface area contributed by atoms with E-state index in [9.17, 15) is 4.79 Å². The topological polar surface area (TPSA) is 62.5 Å². The molecule has 1 aliphatic rings. The zero-order chi connectivity index (χ0) is 20.5. The van der Waals surface area contributed by atoms with Crippen LogP contribution in [0, 0.1) is 12.8 Å². The van der Waals surface area contributed by atoms with E-state index in [4.69, 9.17) is 16.7 Å². The summed E-state index contributed by atoms with van der Waals surface area (Å²) in [7, 11) is 0. The number of urea groups is 1. The Hall–Kier alpha value is -2.06. The summed E-state index contributed by atoms with van der Waals surface area (Å²) in [6.45, 7) is 5.38. The van der Waals surface area contributed by atoms with E-state index in [2.05, 4.69) is 11.9 Å². The normalized spacial score (nSPS) is 17.1. The molecule has 1 aliphatic heterocycles. The molecule has 1 fully saturated rings.